The minimum Gasteiger partial charge on any atom is -0.226 e. The van der Waals surface area contributed by atoms with Crippen molar-refractivity contribution in [2.45, 2.75) is 16.8 Å². The quantitative estimate of drug-likeness (QED) is 0.502. The van der Waals surface area contributed by atoms with Crippen LogP contribution in [0.25, 0.3) is 0 Å². The highest BCUT2D eigenvalue weighted by Crippen LogP contribution is 2.29. The monoisotopic (exact) mass is 195 g/mol. The molecule has 0 spiro atoms. The summed E-state index contributed by atoms with van der Waals surface area (Å²) in [4.78, 5) is 2.28. The molecule has 0 aromatic rings. The van der Waals surface area contributed by atoms with Gasteiger partial charge in [0.25, 0.3) is 0 Å². The third-order valence-electron chi connectivity index (χ3n) is 0.655. The highest BCUT2D eigenvalue weighted by Gasteiger charge is 2.27. The number of rotatable bonds is 1. The van der Waals surface area contributed by atoms with E-state index in [9.17, 15) is 0 Å². The molecule has 50 valence electrons. The van der Waals surface area contributed by atoms with E-state index in [2.05, 4.69) is 4.84 Å². The van der Waals surface area contributed by atoms with Crippen molar-refractivity contribution in [3.63, 3.8) is 0 Å². The van der Waals surface area contributed by atoms with Crippen LogP contribution < -0.4 is 4.84 Å². The first-order valence-electron chi connectivity index (χ1n) is 1.91. The van der Waals surface area contributed by atoms with E-state index in [1.54, 1.807) is 6.92 Å². The van der Waals surface area contributed by atoms with Crippen LogP contribution in [0.15, 0.2) is 0 Å². The van der Waals surface area contributed by atoms with E-state index in [0.29, 0.717) is 0 Å². The minimum atomic E-state index is -1.32. The normalized spacial score (nSPS) is 16.1. The third kappa shape index (κ3) is 3.21. The van der Waals surface area contributed by atoms with Crippen LogP contribution >= 0.6 is 46.6 Å². The SMILES string of the molecule is CC(NCl)C(Cl)(Cl)Cl. The molecule has 0 aliphatic heterocycles. The molecule has 1 nitrogen and oxygen atoms in total. The van der Waals surface area contributed by atoms with Crippen LogP contribution in [0.5, 0.6) is 0 Å². The Morgan fingerprint density at radius 1 is 1.38 bits per heavy atom. The molecule has 0 aliphatic carbocycles. The van der Waals surface area contributed by atoms with E-state index in [1.165, 1.54) is 0 Å². The van der Waals surface area contributed by atoms with Crippen LogP contribution in [0.1, 0.15) is 6.92 Å². The van der Waals surface area contributed by atoms with Gasteiger partial charge in [0, 0.05) is 0 Å². The second-order valence-electron chi connectivity index (χ2n) is 1.37. The Morgan fingerprint density at radius 3 is 1.75 bits per heavy atom. The fourth-order valence-electron chi connectivity index (χ4n) is 0.0619. The van der Waals surface area contributed by atoms with Gasteiger partial charge in [0.05, 0.1) is 6.04 Å². The van der Waals surface area contributed by atoms with E-state index in [1.807, 2.05) is 0 Å². The van der Waals surface area contributed by atoms with E-state index in [4.69, 9.17) is 46.6 Å². The highest BCUT2D eigenvalue weighted by molar-refractivity contribution is 6.68. The van der Waals surface area contributed by atoms with Crippen molar-refractivity contribution in [2.75, 3.05) is 0 Å². The summed E-state index contributed by atoms with van der Waals surface area (Å²) in [7, 11) is 0. The molecule has 0 radical (unpaired) electrons. The zero-order chi connectivity index (χ0) is 6.78. The highest BCUT2D eigenvalue weighted by atomic mass is 35.6. The maximum Gasteiger partial charge on any atom is 0.206 e. The standard InChI is InChI=1S/C3H5Cl4N/c1-2(8-7)3(4,5)6/h2,8H,1H3. The molecule has 1 N–H and O–H groups in total. The van der Waals surface area contributed by atoms with Gasteiger partial charge < -0.3 is 0 Å². The molecule has 0 saturated carbocycles. The van der Waals surface area contributed by atoms with Gasteiger partial charge in [0.15, 0.2) is 0 Å². The van der Waals surface area contributed by atoms with Gasteiger partial charge in [-0.1, -0.05) is 34.8 Å². The topological polar surface area (TPSA) is 12.0 Å². The van der Waals surface area contributed by atoms with Gasteiger partial charge in [-0.25, -0.2) is 4.84 Å². The Morgan fingerprint density at radius 2 is 1.75 bits per heavy atom. The summed E-state index contributed by atoms with van der Waals surface area (Å²) in [5.41, 5.74) is 0. The van der Waals surface area contributed by atoms with Crippen molar-refractivity contribution < 1.29 is 0 Å². The molecule has 0 saturated heterocycles. The van der Waals surface area contributed by atoms with Crippen molar-refractivity contribution >= 4 is 46.6 Å². The first-order valence-corrected chi connectivity index (χ1v) is 3.42. The predicted molar refractivity (Wildman–Crippen MR) is 38.7 cm³/mol. The lowest BCUT2D eigenvalue weighted by atomic mass is 10.4. The largest absolute Gasteiger partial charge is 0.226 e. The summed E-state index contributed by atoms with van der Waals surface area (Å²) in [5.74, 6) is 0. The number of nitrogens with one attached hydrogen (secondary N) is 1. The van der Waals surface area contributed by atoms with Gasteiger partial charge in [-0.15, -0.1) is 0 Å². The van der Waals surface area contributed by atoms with Crippen LogP contribution in [0, 0.1) is 0 Å². The molecular formula is C3H5Cl4N. The van der Waals surface area contributed by atoms with Crippen molar-refractivity contribution in [2.24, 2.45) is 0 Å². The third-order valence-corrected chi connectivity index (χ3v) is 1.96. The molecule has 5 heteroatoms. The van der Waals surface area contributed by atoms with Gasteiger partial charge in [-0.3, -0.25) is 0 Å². The molecular weight excluding hydrogens is 192 g/mol. The van der Waals surface area contributed by atoms with E-state index < -0.39 is 3.79 Å². The maximum absolute atomic E-state index is 5.37. The average molecular weight is 197 g/mol. The average Bonchev–Trinajstić information content (AvgIpc) is 1.62. The Labute approximate surface area is 68.3 Å². The molecule has 0 aromatic heterocycles. The Balaban J connectivity index is 3.62. The van der Waals surface area contributed by atoms with Crippen LogP contribution in [-0.4, -0.2) is 9.83 Å². The number of halogens is 4. The fourth-order valence-corrected chi connectivity index (χ4v) is 0.557. The van der Waals surface area contributed by atoms with Gasteiger partial charge in [-0.2, -0.15) is 0 Å². The van der Waals surface area contributed by atoms with Gasteiger partial charge in [0.1, 0.15) is 0 Å². The lowest BCUT2D eigenvalue weighted by Crippen LogP contribution is -2.31. The number of hydrogen-bond donors (Lipinski definition) is 1. The second kappa shape index (κ2) is 3.33. The molecule has 0 bridgehead atoms. The van der Waals surface area contributed by atoms with Crippen molar-refractivity contribution in [1.29, 1.82) is 0 Å². The lowest BCUT2D eigenvalue weighted by molar-refractivity contribution is 0.703. The van der Waals surface area contributed by atoms with E-state index in [-0.39, 0.29) is 6.04 Å². The zero-order valence-electron chi connectivity index (χ0n) is 4.09. The Hall–Kier alpha value is 1.12. The minimum absolute atomic E-state index is 0.339. The summed E-state index contributed by atoms with van der Waals surface area (Å²) in [6, 6.07) is -0.339. The summed E-state index contributed by atoms with van der Waals surface area (Å²) in [5, 5.41) is 0. The maximum atomic E-state index is 5.37. The first-order chi connectivity index (χ1) is 3.48. The molecule has 0 fully saturated rings. The van der Waals surface area contributed by atoms with Crippen LogP contribution in [-0.2, 0) is 0 Å². The Bertz CT molecular complexity index is 68.2. The van der Waals surface area contributed by atoms with Crippen molar-refractivity contribution in [3.05, 3.63) is 0 Å². The van der Waals surface area contributed by atoms with E-state index in [0.717, 1.165) is 0 Å². The number of alkyl halides is 3. The Kier molecular flexibility index (Phi) is 3.79. The molecule has 8 heavy (non-hydrogen) atoms. The number of hydrogen-bond acceptors (Lipinski definition) is 1. The first kappa shape index (κ1) is 9.12. The van der Waals surface area contributed by atoms with Crippen LogP contribution in [0.4, 0.5) is 0 Å². The summed E-state index contributed by atoms with van der Waals surface area (Å²) in [6.45, 7) is 1.67. The summed E-state index contributed by atoms with van der Waals surface area (Å²) < 4.78 is -1.32. The lowest BCUT2D eigenvalue weighted by Gasteiger charge is -2.16. The van der Waals surface area contributed by atoms with Gasteiger partial charge in [-0.05, 0) is 18.7 Å². The van der Waals surface area contributed by atoms with Gasteiger partial charge >= 0.3 is 0 Å². The summed E-state index contributed by atoms with van der Waals surface area (Å²) >= 11 is 21.2. The van der Waals surface area contributed by atoms with E-state index >= 15 is 0 Å². The van der Waals surface area contributed by atoms with Crippen molar-refractivity contribution in [3.8, 4) is 0 Å². The molecule has 1 unspecified atom stereocenters. The smallest absolute Gasteiger partial charge is 0.206 e. The van der Waals surface area contributed by atoms with Crippen molar-refractivity contribution in [1.82, 2.24) is 4.84 Å². The molecule has 0 rings (SSSR count). The van der Waals surface area contributed by atoms with Crippen LogP contribution in [0.2, 0.25) is 0 Å². The zero-order valence-corrected chi connectivity index (χ0v) is 7.11. The van der Waals surface area contributed by atoms with Gasteiger partial charge in [0.2, 0.25) is 3.79 Å². The van der Waals surface area contributed by atoms with Crippen LogP contribution in [0.3, 0.4) is 0 Å². The molecule has 0 heterocycles. The second-order valence-corrected chi connectivity index (χ2v) is 3.96. The fraction of sp³-hybridized carbons (Fsp3) is 1.00. The molecule has 0 aromatic carbocycles. The molecule has 0 amide bonds. The molecule has 1 atom stereocenters. The summed E-state index contributed by atoms with van der Waals surface area (Å²) in [6.07, 6.45) is 0. The predicted octanol–water partition coefficient (Wildman–Crippen LogP) is 2.49. The molecule has 0 aliphatic rings.